The molecular weight excluding hydrogens is 291 g/mol. The number of hydrogen-bond acceptors (Lipinski definition) is 1. The molecule has 0 aromatic heterocycles. The van der Waals surface area contributed by atoms with Gasteiger partial charge in [0, 0.05) is 24.1 Å². The smallest absolute Gasteiger partial charge is 0.257 e. The van der Waals surface area contributed by atoms with Crippen molar-refractivity contribution in [2.24, 2.45) is 5.41 Å². The first kappa shape index (κ1) is 16.8. The molecule has 0 spiro atoms. The predicted molar refractivity (Wildman–Crippen MR) is 72.4 cm³/mol. The van der Waals surface area contributed by atoms with Crippen molar-refractivity contribution in [3.63, 3.8) is 0 Å². The highest BCUT2D eigenvalue weighted by Crippen LogP contribution is 2.23. The minimum atomic E-state index is -1.22. The van der Waals surface area contributed by atoms with Crippen molar-refractivity contribution in [1.82, 2.24) is 5.32 Å². The summed E-state index contributed by atoms with van der Waals surface area (Å²) in [6, 6.07) is 0.605. The third-order valence-corrected chi connectivity index (χ3v) is 3.20. The van der Waals surface area contributed by atoms with Gasteiger partial charge in [0.05, 0.1) is 0 Å². The number of halogens is 4. The van der Waals surface area contributed by atoms with Gasteiger partial charge in [0.15, 0.2) is 0 Å². The van der Waals surface area contributed by atoms with Crippen LogP contribution in [-0.4, -0.2) is 17.8 Å². The molecule has 0 saturated heterocycles. The van der Waals surface area contributed by atoms with Crippen LogP contribution in [0.1, 0.15) is 37.6 Å². The standard InChI is InChI=1S/C14H17ClF3NO/c1-14(2,3)11(4-5-15)19-13(20)12-9(17)6-8(16)7-10(12)18/h6-7,11H,4-5H2,1-3H3,(H,19,20). The Morgan fingerprint density at radius 2 is 1.75 bits per heavy atom. The van der Waals surface area contributed by atoms with Crippen LogP contribution in [0.15, 0.2) is 12.1 Å². The van der Waals surface area contributed by atoms with Crippen LogP contribution in [0.5, 0.6) is 0 Å². The van der Waals surface area contributed by atoms with Crippen molar-refractivity contribution in [3.05, 3.63) is 35.1 Å². The fourth-order valence-electron chi connectivity index (χ4n) is 1.82. The van der Waals surface area contributed by atoms with Crippen molar-refractivity contribution in [1.29, 1.82) is 0 Å². The van der Waals surface area contributed by atoms with E-state index >= 15 is 0 Å². The van der Waals surface area contributed by atoms with Gasteiger partial charge in [-0.1, -0.05) is 20.8 Å². The summed E-state index contributed by atoms with van der Waals surface area (Å²) in [7, 11) is 0. The van der Waals surface area contributed by atoms with Crippen LogP contribution < -0.4 is 5.32 Å². The quantitative estimate of drug-likeness (QED) is 0.840. The maximum Gasteiger partial charge on any atom is 0.257 e. The Labute approximate surface area is 121 Å². The van der Waals surface area contributed by atoms with E-state index in [0.29, 0.717) is 24.4 Å². The first-order chi connectivity index (χ1) is 9.16. The summed E-state index contributed by atoms with van der Waals surface area (Å²) in [6.45, 7) is 5.63. The first-order valence-electron chi connectivity index (χ1n) is 6.18. The average Bonchev–Trinajstić information content (AvgIpc) is 2.25. The topological polar surface area (TPSA) is 29.1 Å². The maximum absolute atomic E-state index is 13.5. The lowest BCUT2D eigenvalue weighted by Crippen LogP contribution is -2.44. The van der Waals surface area contributed by atoms with Gasteiger partial charge < -0.3 is 5.32 Å². The van der Waals surface area contributed by atoms with Gasteiger partial charge in [-0.3, -0.25) is 4.79 Å². The number of rotatable bonds is 4. The van der Waals surface area contributed by atoms with E-state index in [4.69, 9.17) is 11.6 Å². The second kappa shape index (κ2) is 6.48. The summed E-state index contributed by atoms with van der Waals surface area (Å²) in [5.41, 5.74) is -1.10. The minimum absolute atomic E-state index is 0.302. The molecule has 0 saturated carbocycles. The molecule has 0 bridgehead atoms. The van der Waals surface area contributed by atoms with Crippen molar-refractivity contribution >= 4 is 17.5 Å². The number of carbonyl (C=O) groups is 1. The Kier molecular flexibility index (Phi) is 5.45. The van der Waals surface area contributed by atoms with E-state index in [2.05, 4.69) is 5.32 Å². The number of hydrogen-bond donors (Lipinski definition) is 1. The van der Waals surface area contributed by atoms with Crippen molar-refractivity contribution < 1.29 is 18.0 Å². The first-order valence-corrected chi connectivity index (χ1v) is 6.71. The lowest BCUT2D eigenvalue weighted by atomic mass is 9.85. The number of nitrogens with one attached hydrogen (secondary N) is 1. The highest BCUT2D eigenvalue weighted by molar-refractivity contribution is 6.17. The predicted octanol–water partition coefficient (Wildman–Crippen LogP) is 3.88. The van der Waals surface area contributed by atoms with Crippen LogP contribution in [-0.2, 0) is 0 Å². The van der Waals surface area contributed by atoms with E-state index in [9.17, 15) is 18.0 Å². The van der Waals surface area contributed by atoms with Crippen molar-refractivity contribution in [2.75, 3.05) is 5.88 Å². The zero-order valence-corrected chi connectivity index (χ0v) is 12.3. The highest BCUT2D eigenvalue weighted by atomic mass is 35.5. The molecule has 0 aliphatic rings. The van der Waals surface area contributed by atoms with Crippen LogP contribution in [0.4, 0.5) is 13.2 Å². The molecule has 1 atom stereocenters. The Balaban J connectivity index is 3.01. The van der Waals surface area contributed by atoms with E-state index < -0.39 is 28.9 Å². The normalized spacial score (nSPS) is 13.2. The van der Waals surface area contributed by atoms with Crippen molar-refractivity contribution in [2.45, 2.75) is 33.2 Å². The molecule has 0 heterocycles. The second-order valence-electron chi connectivity index (χ2n) is 5.61. The van der Waals surface area contributed by atoms with E-state index in [-0.39, 0.29) is 11.5 Å². The van der Waals surface area contributed by atoms with Crippen LogP contribution in [0.2, 0.25) is 0 Å². The highest BCUT2D eigenvalue weighted by Gasteiger charge is 2.28. The molecule has 1 unspecified atom stereocenters. The van der Waals surface area contributed by atoms with Crippen LogP contribution in [0.25, 0.3) is 0 Å². The third-order valence-electron chi connectivity index (χ3n) is 2.98. The fourth-order valence-corrected chi connectivity index (χ4v) is 2.04. The summed E-state index contributed by atoms with van der Waals surface area (Å²) in [6.07, 6.45) is 0.460. The zero-order valence-electron chi connectivity index (χ0n) is 11.6. The van der Waals surface area contributed by atoms with Crippen LogP contribution >= 0.6 is 11.6 Å². The molecule has 0 aliphatic heterocycles. The summed E-state index contributed by atoms with van der Waals surface area (Å²) in [4.78, 5) is 12.0. The molecular formula is C14H17ClF3NO. The van der Waals surface area contributed by atoms with E-state index in [1.54, 1.807) is 0 Å². The van der Waals surface area contributed by atoms with E-state index in [0.717, 1.165) is 0 Å². The minimum Gasteiger partial charge on any atom is -0.349 e. The van der Waals surface area contributed by atoms with Crippen LogP contribution in [0.3, 0.4) is 0 Å². The third kappa shape index (κ3) is 4.13. The van der Waals surface area contributed by atoms with Gasteiger partial charge in [0.25, 0.3) is 5.91 Å². The number of benzene rings is 1. The monoisotopic (exact) mass is 307 g/mol. The largest absolute Gasteiger partial charge is 0.349 e. The van der Waals surface area contributed by atoms with Crippen molar-refractivity contribution in [3.8, 4) is 0 Å². The second-order valence-corrected chi connectivity index (χ2v) is 5.99. The SMILES string of the molecule is CC(C)(C)C(CCCl)NC(=O)c1c(F)cc(F)cc1F. The number of alkyl halides is 1. The summed E-state index contributed by atoms with van der Waals surface area (Å²) in [5, 5.41) is 2.55. The van der Waals surface area contributed by atoms with Gasteiger partial charge in [-0.2, -0.15) is 0 Å². The molecule has 2 nitrogen and oxygen atoms in total. The molecule has 0 radical (unpaired) electrons. The molecule has 112 valence electrons. The van der Waals surface area contributed by atoms with Gasteiger partial charge in [-0.15, -0.1) is 11.6 Å². The summed E-state index contributed by atoms with van der Waals surface area (Å²) >= 11 is 5.67. The Morgan fingerprint density at radius 1 is 1.25 bits per heavy atom. The molecule has 20 heavy (non-hydrogen) atoms. The maximum atomic E-state index is 13.5. The lowest BCUT2D eigenvalue weighted by Gasteiger charge is -2.31. The van der Waals surface area contributed by atoms with E-state index in [1.165, 1.54) is 0 Å². The van der Waals surface area contributed by atoms with Gasteiger partial charge in [0.2, 0.25) is 0 Å². The number of carbonyl (C=O) groups excluding carboxylic acids is 1. The van der Waals surface area contributed by atoms with Gasteiger partial charge in [-0.25, -0.2) is 13.2 Å². The van der Waals surface area contributed by atoms with Gasteiger partial charge >= 0.3 is 0 Å². The van der Waals surface area contributed by atoms with Gasteiger partial charge in [-0.05, 0) is 11.8 Å². The Morgan fingerprint density at radius 3 is 2.15 bits per heavy atom. The molecule has 0 aliphatic carbocycles. The fraction of sp³-hybridized carbons (Fsp3) is 0.500. The van der Waals surface area contributed by atoms with E-state index in [1.807, 2.05) is 20.8 Å². The molecule has 1 aromatic carbocycles. The zero-order chi connectivity index (χ0) is 15.5. The molecule has 1 aromatic rings. The average molecular weight is 308 g/mol. The lowest BCUT2D eigenvalue weighted by molar-refractivity contribution is 0.0891. The Hall–Kier alpha value is -1.23. The molecule has 1 amide bonds. The summed E-state index contributed by atoms with van der Waals surface area (Å²) in [5.74, 6) is -4.12. The Bertz CT molecular complexity index is 477. The summed E-state index contributed by atoms with van der Waals surface area (Å²) < 4.78 is 39.9. The molecule has 1 N–H and O–H groups in total. The van der Waals surface area contributed by atoms with Crippen LogP contribution in [0, 0.1) is 22.9 Å². The molecule has 6 heteroatoms. The molecule has 1 rings (SSSR count). The van der Waals surface area contributed by atoms with Gasteiger partial charge in [0.1, 0.15) is 23.0 Å². The number of amides is 1. The molecule has 0 fully saturated rings.